The SMILES string of the molecule is Cc1cc(NC(=O)c2ccc(NS(=O)(=O)CCO)cc2N2CCC3(CC2)CC3)nc(OCCCC(F)(F)F)c1. The third kappa shape index (κ3) is 8.21. The van der Waals surface area contributed by atoms with Crippen molar-refractivity contribution in [3.63, 3.8) is 0 Å². The van der Waals surface area contributed by atoms with Crippen molar-refractivity contribution in [1.29, 1.82) is 0 Å². The van der Waals surface area contributed by atoms with Gasteiger partial charge in [-0.3, -0.25) is 9.52 Å². The molecular formula is C26H33F3N4O5S. The lowest BCUT2D eigenvalue weighted by Crippen LogP contribution is -2.35. The highest BCUT2D eigenvalue weighted by Crippen LogP contribution is 2.54. The van der Waals surface area contributed by atoms with Gasteiger partial charge in [0, 0.05) is 25.6 Å². The van der Waals surface area contributed by atoms with Crippen molar-refractivity contribution in [3.05, 3.63) is 41.5 Å². The molecule has 2 aliphatic rings. The summed E-state index contributed by atoms with van der Waals surface area (Å²) in [4.78, 5) is 19.7. The molecule has 3 N–H and O–H groups in total. The van der Waals surface area contributed by atoms with Crippen LogP contribution in [0.5, 0.6) is 5.88 Å². The minimum Gasteiger partial charge on any atom is -0.478 e. The Morgan fingerprint density at radius 2 is 1.87 bits per heavy atom. The molecule has 13 heteroatoms. The predicted molar refractivity (Wildman–Crippen MR) is 142 cm³/mol. The molecule has 0 bridgehead atoms. The Balaban J connectivity index is 1.52. The van der Waals surface area contributed by atoms with E-state index in [0.717, 1.165) is 25.9 Å². The maximum absolute atomic E-state index is 13.4. The highest BCUT2D eigenvalue weighted by atomic mass is 32.2. The molecule has 1 aromatic heterocycles. The van der Waals surface area contributed by atoms with Crippen molar-refractivity contribution in [3.8, 4) is 5.88 Å². The Labute approximate surface area is 225 Å². The van der Waals surface area contributed by atoms with Crippen LogP contribution in [0.2, 0.25) is 0 Å². The van der Waals surface area contributed by atoms with E-state index in [4.69, 9.17) is 9.84 Å². The Kier molecular flexibility index (Phi) is 8.60. The third-order valence-corrected chi connectivity index (χ3v) is 8.31. The zero-order chi connectivity index (χ0) is 28.3. The smallest absolute Gasteiger partial charge is 0.389 e. The van der Waals surface area contributed by atoms with Gasteiger partial charge in [-0.15, -0.1) is 0 Å². The molecule has 0 unspecified atom stereocenters. The lowest BCUT2D eigenvalue weighted by Gasteiger charge is -2.35. The molecule has 1 saturated heterocycles. The van der Waals surface area contributed by atoms with Gasteiger partial charge in [-0.1, -0.05) is 0 Å². The number of hydrogen-bond donors (Lipinski definition) is 3. The first-order valence-corrected chi connectivity index (χ1v) is 14.5. The van der Waals surface area contributed by atoms with Crippen molar-refractivity contribution in [1.82, 2.24) is 4.98 Å². The first kappa shape index (κ1) is 28.9. The van der Waals surface area contributed by atoms with E-state index in [1.54, 1.807) is 25.1 Å². The number of anilines is 3. The number of sulfonamides is 1. The number of carbonyl (C=O) groups is 1. The van der Waals surface area contributed by atoms with Crippen LogP contribution in [-0.2, 0) is 10.0 Å². The average Bonchev–Trinajstić information content (AvgIpc) is 3.59. The monoisotopic (exact) mass is 570 g/mol. The molecule has 4 rings (SSSR count). The summed E-state index contributed by atoms with van der Waals surface area (Å²) in [5.41, 5.74) is 2.27. The number of aryl methyl sites for hydroxylation is 1. The molecule has 39 heavy (non-hydrogen) atoms. The lowest BCUT2D eigenvalue weighted by molar-refractivity contribution is -0.136. The highest BCUT2D eigenvalue weighted by molar-refractivity contribution is 7.92. The second-order valence-corrected chi connectivity index (χ2v) is 12.1. The number of ether oxygens (including phenoxy) is 1. The van der Waals surface area contributed by atoms with E-state index in [-0.39, 0.29) is 30.4 Å². The number of pyridine rings is 1. The summed E-state index contributed by atoms with van der Waals surface area (Å²) in [5.74, 6) is -0.633. The molecule has 214 valence electrons. The Morgan fingerprint density at radius 3 is 2.51 bits per heavy atom. The van der Waals surface area contributed by atoms with Gasteiger partial charge in [0.05, 0.1) is 35.9 Å². The molecule has 9 nitrogen and oxygen atoms in total. The van der Waals surface area contributed by atoms with Crippen molar-refractivity contribution in [2.24, 2.45) is 5.41 Å². The summed E-state index contributed by atoms with van der Waals surface area (Å²) < 4.78 is 69.4. The molecule has 0 radical (unpaired) electrons. The number of aliphatic hydroxyl groups is 1. The van der Waals surface area contributed by atoms with E-state index in [9.17, 15) is 26.4 Å². The van der Waals surface area contributed by atoms with Crippen molar-refractivity contribution < 1.29 is 36.2 Å². The fourth-order valence-corrected chi connectivity index (χ4v) is 5.53. The molecule has 2 fully saturated rings. The molecule has 0 atom stereocenters. The number of nitrogens with zero attached hydrogens (tertiary/aromatic N) is 2. The molecule has 1 aromatic carbocycles. The number of nitrogens with one attached hydrogen (secondary N) is 2. The maximum atomic E-state index is 13.4. The normalized spacial score (nSPS) is 16.7. The first-order valence-electron chi connectivity index (χ1n) is 12.9. The number of alkyl halides is 3. The topological polar surface area (TPSA) is 121 Å². The van der Waals surface area contributed by atoms with Gasteiger partial charge in [-0.25, -0.2) is 8.42 Å². The zero-order valence-electron chi connectivity index (χ0n) is 21.7. The number of aliphatic hydroxyl groups excluding tert-OH is 1. The van der Waals surface area contributed by atoms with Gasteiger partial charge in [0.15, 0.2) is 0 Å². The van der Waals surface area contributed by atoms with E-state index in [0.29, 0.717) is 22.2 Å². The number of hydrogen-bond acceptors (Lipinski definition) is 7. The highest BCUT2D eigenvalue weighted by Gasteiger charge is 2.44. The third-order valence-electron chi connectivity index (χ3n) is 7.04. The number of rotatable bonds is 11. The van der Waals surface area contributed by atoms with Crippen LogP contribution >= 0.6 is 0 Å². The van der Waals surface area contributed by atoms with Crippen molar-refractivity contribution in [2.45, 2.75) is 51.6 Å². The molecule has 1 aliphatic carbocycles. The van der Waals surface area contributed by atoms with Gasteiger partial charge >= 0.3 is 6.18 Å². The van der Waals surface area contributed by atoms with Crippen LogP contribution in [-0.4, -0.2) is 62.6 Å². The van der Waals surface area contributed by atoms with Crippen LogP contribution in [0.25, 0.3) is 0 Å². The van der Waals surface area contributed by atoms with Gasteiger partial charge in [-0.2, -0.15) is 18.2 Å². The van der Waals surface area contributed by atoms with E-state index in [2.05, 4.69) is 19.9 Å². The molecule has 2 aromatic rings. The Bertz CT molecular complexity index is 1290. The number of halogens is 3. The number of amides is 1. The molecule has 1 spiro atoms. The minimum atomic E-state index is -4.26. The number of aromatic nitrogens is 1. The fourth-order valence-electron chi connectivity index (χ4n) is 4.70. The van der Waals surface area contributed by atoms with Crippen LogP contribution < -0.4 is 19.7 Å². The van der Waals surface area contributed by atoms with E-state index >= 15 is 0 Å². The van der Waals surface area contributed by atoms with Crippen LogP contribution in [0.4, 0.5) is 30.4 Å². The van der Waals surface area contributed by atoms with Crippen molar-refractivity contribution in [2.75, 3.05) is 47.0 Å². The van der Waals surface area contributed by atoms with Gasteiger partial charge in [0.25, 0.3) is 5.91 Å². The summed E-state index contributed by atoms with van der Waals surface area (Å²) in [7, 11) is -3.76. The summed E-state index contributed by atoms with van der Waals surface area (Å²) in [5, 5.41) is 11.8. The van der Waals surface area contributed by atoms with Gasteiger partial charge in [0.2, 0.25) is 15.9 Å². The number of piperidine rings is 1. The molecule has 1 amide bonds. The summed E-state index contributed by atoms with van der Waals surface area (Å²) in [6.07, 6.45) is -1.05. The zero-order valence-corrected chi connectivity index (χ0v) is 22.5. The van der Waals surface area contributed by atoms with Crippen LogP contribution in [0, 0.1) is 12.3 Å². The second kappa shape index (κ2) is 11.6. The average molecular weight is 571 g/mol. The summed E-state index contributed by atoms with van der Waals surface area (Å²) in [6, 6.07) is 7.83. The largest absolute Gasteiger partial charge is 0.478 e. The van der Waals surface area contributed by atoms with Crippen LogP contribution in [0.3, 0.4) is 0 Å². The summed E-state index contributed by atoms with van der Waals surface area (Å²) in [6.45, 7) is 2.52. The van der Waals surface area contributed by atoms with E-state index in [1.165, 1.54) is 25.0 Å². The molecule has 1 saturated carbocycles. The van der Waals surface area contributed by atoms with Crippen LogP contribution in [0.15, 0.2) is 30.3 Å². The molecular weight excluding hydrogens is 537 g/mol. The van der Waals surface area contributed by atoms with Crippen molar-refractivity contribution >= 4 is 33.1 Å². The summed E-state index contributed by atoms with van der Waals surface area (Å²) >= 11 is 0. The second-order valence-electron chi connectivity index (χ2n) is 10.3. The molecule has 1 aliphatic heterocycles. The predicted octanol–water partition coefficient (Wildman–Crippen LogP) is 4.48. The van der Waals surface area contributed by atoms with Gasteiger partial charge in [0.1, 0.15) is 5.82 Å². The maximum Gasteiger partial charge on any atom is 0.389 e. The minimum absolute atomic E-state index is 0.104. The lowest BCUT2D eigenvalue weighted by atomic mass is 9.93. The van der Waals surface area contributed by atoms with Gasteiger partial charge in [-0.05, 0) is 74.3 Å². The van der Waals surface area contributed by atoms with E-state index in [1.807, 2.05) is 0 Å². The quantitative estimate of drug-likeness (QED) is 0.341. The van der Waals surface area contributed by atoms with E-state index < -0.39 is 40.9 Å². The Hall–Kier alpha value is -3.06. The molecule has 2 heterocycles. The fraction of sp³-hybridized carbons (Fsp3) is 0.538. The van der Waals surface area contributed by atoms with Gasteiger partial charge < -0.3 is 20.1 Å². The standard InChI is InChI=1S/C26H33F3N4O5S/c1-18-15-22(30-23(16-18)38-13-2-5-26(27,28)29)31-24(35)20-4-3-19(32-39(36,37)14-12-34)17-21(20)33-10-8-25(6-7-25)9-11-33/h3-4,15-17,32,34H,2,5-14H2,1H3,(H,30,31,35). The first-order chi connectivity index (χ1) is 18.4. The number of carbonyl (C=O) groups excluding carboxylic acids is 1. The Morgan fingerprint density at radius 1 is 1.15 bits per heavy atom. The number of benzene rings is 1. The van der Waals surface area contributed by atoms with Crippen LogP contribution in [0.1, 0.15) is 54.4 Å².